The zero-order valence-electron chi connectivity index (χ0n) is 36.8. The fraction of sp³-hybridized carbons (Fsp3) is 0.918. The van der Waals surface area contributed by atoms with E-state index in [-0.39, 0.29) is 18.5 Å². The van der Waals surface area contributed by atoms with E-state index in [0.29, 0.717) is 26.1 Å². The summed E-state index contributed by atoms with van der Waals surface area (Å²) in [6.07, 6.45) is 50.7. The molecule has 54 heavy (non-hydrogen) atoms. The molecule has 0 saturated carbocycles. The molecule has 0 saturated heterocycles. The number of allylic oxidation sites excluding steroid dienone is 2. The van der Waals surface area contributed by atoms with Crippen molar-refractivity contribution in [1.82, 2.24) is 0 Å². The van der Waals surface area contributed by atoms with E-state index in [2.05, 4.69) is 32.9 Å². The zero-order chi connectivity index (χ0) is 39.3. The van der Waals surface area contributed by atoms with Crippen LogP contribution in [0.15, 0.2) is 12.2 Å². The van der Waals surface area contributed by atoms with Gasteiger partial charge in [-0.2, -0.15) is 0 Å². The van der Waals surface area contributed by atoms with Crippen molar-refractivity contribution in [2.24, 2.45) is 0 Å². The molecule has 320 valence electrons. The highest BCUT2D eigenvalue weighted by molar-refractivity contribution is 5.70. The number of hydrogen-bond donors (Lipinski definition) is 0. The van der Waals surface area contributed by atoms with Crippen molar-refractivity contribution in [2.75, 3.05) is 19.8 Å². The van der Waals surface area contributed by atoms with Crippen LogP contribution in [0.5, 0.6) is 0 Å². The second kappa shape index (κ2) is 46.0. The Labute approximate surface area is 337 Å². The first-order valence-corrected chi connectivity index (χ1v) is 24.2. The summed E-state index contributed by atoms with van der Waals surface area (Å²) < 4.78 is 17.3. The lowest BCUT2D eigenvalue weighted by atomic mass is 10.0. The predicted octanol–water partition coefficient (Wildman–Crippen LogP) is 15.9. The maximum absolute atomic E-state index is 12.7. The molecule has 0 aliphatic carbocycles. The Morgan fingerprint density at radius 1 is 0.389 bits per heavy atom. The lowest BCUT2D eigenvalue weighted by molar-refractivity contribution is -0.163. The Bertz CT molecular complexity index is 780. The largest absolute Gasteiger partial charge is 0.462 e. The highest BCUT2D eigenvalue weighted by atomic mass is 16.6. The van der Waals surface area contributed by atoms with Gasteiger partial charge in [-0.1, -0.05) is 226 Å². The Morgan fingerprint density at radius 2 is 0.741 bits per heavy atom. The molecular weight excluding hydrogens is 669 g/mol. The van der Waals surface area contributed by atoms with E-state index in [4.69, 9.17) is 14.2 Å². The minimum atomic E-state index is -0.528. The highest BCUT2D eigenvalue weighted by Crippen LogP contribution is 2.16. The monoisotopic (exact) mass is 763 g/mol. The molecular formula is C49H94O5. The fourth-order valence-corrected chi connectivity index (χ4v) is 7.14. The van der Waals surface area contributed by atoms with Gasteiger partial charge in [-0.25, -0.2) is 0 Å². The van der Waals surface area contributed by atoms with Gasteiger partial charge >= 0.3 is 11.9 Å². The van der Waals surface area contributed by atoms with Gasteiger partial charge in [0, 0.05) is 19.4 Å². The molecule has 0 N–H and O–H groups in total. The van der Waals surface area contributed by atoms with Crippen molar-refractivity contribution in [3.63, 3.8) is 0 Å². The van der Waals surface area contributed by atoms with E-state index >= 15 is 0 Å². The lowest BCUT2D eigenvalue weighted by Crippen LogP contribution is -2.30. The van der Waals surface area contributed by atoms with Crippen LogP contribution in [0.1, 0.15) is 265 Å². The van der Waals surface area contributed by atoms with Crippen molar-refractivity contribution in [2.45, 2.75) is 271 Å². The standard InChI is InChI=1S/C49H94O5/c1-4-7-10-13-16-19-22-23-24-25-26-27-29-30-33-36-39-42-48(50)53-46-47(45-52-44-41-38-35-32-21-18-15-12-9-6-3)54-49(51)43-40-37-34-31-28-20-17-14-11-8-5-2/h14,17,47H,4-13,15-16,18-46H2,1-3H3/b17-14-. The highest BCUT2D eigenvalue weighted by Gasteiger charge is 2.17. The maximum atomic E-state index is 12.7. The van der Waals surface area contributed by atoms with Crippen molar-refractivity contribution < 1.29 is 23.8 Å². The fourth-order valence-electron chi connectivity index (χ4n) is 7.14. The van der Waals surface area contributed by atoms with Gasteiger partial charge in [0.1, 0.15) is 6.61 Å². The average molecular weight is 763 g/mol. The molecule has 0 fully saturated rings. The minimum absolute atomic E-state index is 0.0906. The number of carbonyl (C=O) groups is 2. The smallest absolute Gasteiger partial charge is 0.306 e. The minimum Gasteiger partial charge on any atom is -0.462 e. The second-order valence-corrected chi connectivity index (χ2v) is 16.4. The van der Waals surface area contributed by atoms with Crippen molar-refractivity contribution in [3.05, 3.63) is 12.2 Å². The number of unbranched alkanes of at least 4 members (excludes halogenated alkanes) is 32. The molecule has 1 atom stereocenters. The third-order valence-corrected chi connectivity index (χ3v) is 10.8. The molecule has 0 aliphatic heterocycles. The Morgan fingerprint density at radius 3 is 1.19 bits per heavy atom. The van der Waals surface area contributed by atoms with Crippen LogP contribution in [0.4, 0.5) is 0 Å². The van der Waals surface area contributed by atoms with Gasteiger partial charge in [0.05, 0.1) is 6.61 Å². The van der Waals surface area contributed by atoms with Gasteiger partial charge < -0.3 is 14.2 Å². The van der Waals surface area contributed by atoms with Crippen molar-refractivity contribution >= 4 is 11.9 Å². The van der Waals surface area contributed by atoms with Gasteiger partial charge in [0.25, 0.3) is 0 Å². The first-order chi connectivity index (χ1) is 26.6. The summed E-state index contributed by atoms with van der Waals surface area (Å²) in [5.74, 6) is -0.391. The van der Waals surface area contributed by atoms with E-state index < -0.39 is 6.10 Å². The number of ether oxygens (including phenoxy) is 3. The average Bonchev–Trinajstić information content (AvgIpc) is 3.17. The molecule has 0 aliphatic rings. The van der Waals surface area contributed by atoms with Crippen LogP contribution >= 0.6 is 0 Å². The van der Waals surface area contributed by atoms with Crippen LogP contribution in [-0.4, -0.2) is 37.9 Å². The molecule has 0 aromatic heterocycles. The van der Waals surface area contributed by atoms with Gasteiger partial charge in [0.15, 0.2) is 6.10 Å². The van der Waals surface area contributed by atoms with Gasteiger partial charge in [-0.05, 0) is 38.5 Å². The Kier molecular flexibility index (Phi) is 44.9. The van der Waals surface area contributed by atoms with Gasteiger partial charge in [0.2, 0.25) is 0 Å². The lowest BCUT2D eigenvalue weighted by Gasteiger charge is -2.18. The topological polar surface area (TPSA) is 61.8 Å². The zero-order valence-corrected chi connectivity index (χ0v) is 36.8. The predicted molar refractivity (Wildman–Crippen MR) is 233 cm³/mol. The molecule has 0 aromatic carbocycles. The Balaban J connectivity index is 4.14. The van der Waals surface area contributed by atoms with E-state index in [0.717, 1.165) is 44.9 Å². The molecule has 0 amide bonds. The maximum Gasteiger partial charge on any atom is 0.306 e. The van der Waals surface area contributed by atoms with Crippen LogP contribution in [0.25, 0.3) is 0 Å². The summed E-state index contributed by atoms with van der Waals surface area (Å²) in [6, 6.07) is 0. The number of esters is 2. The van der Waals surface area contributed by atoms with Crippen LogP contribution in [0, 0.1) is 0 Å². The number of rotatable bonds is 45. The third kappa shape index (κ3) is 43.4. The summed E-state index contributed by atoms with van der Waals surface area (Å²) in [4.78, 5) is 25.2. The normalized spacial score (nSPS) is 12.1. The van der Waals surface area contributed by atoms with Crippen molar-refractivity contribution in [3.8, 4) is 0 Å². The molecule has 0 radical (unpaired) electrons. The quantitative estimate of drug-likeness (QED) is 0.0351. The number of hydrogen-bond acceptors (Lipinski definition) is 5. The molecule has 5 nitrogen and oxygen atoms in total. The molecule has 1 unspecified atom stereocenters. The van der Waals surface area contributed by atoms with E-state index in [1.165, 1.54) is 186 Å². The second-order valence-electron chi connectivity index (χ2n) is 16.4. The van der Waals surface area contributed by atoms with E-state index in [1.54, 1.807) is 0 Å². The molecule has 0 aromatic rings. The SMILES string of the molecule is CCCC/C=C\CCCCCCCC(=O)OC(COCCCCCCCCCCCC)COC(=O)CCCCCCCCCCCCCCCCCCC. The van der Waals surface area contributed by atoms with Crippen LogP contribution in [0.3, 0.4) is 0 Å². The molecule has 0 heterocycles. The summed E-state index contributed by atoms with van der Waals surface area (Å²) in [6.45, 7) is 7.83. The first-order valence-electron chi connectivity index (χ1n) is 24.2. The molecule has 0 spiro atoms. The van der Waals surface area contributed by atoms with E-state index in [9.17, 15) is 9.59 Å². The first kappa shape index (κ1) is 52.6. The van der Waals surface area contributed by atoms with Crippen molar-refractivity contribution in [1.29, 1.82) is 0 Å². The Hall–Kier alpha value is -1.36. The van der Waals surface area contributed by atoms with Gasteiger partial charge in [-0.15, -0.1) is 0 Å². The molecule has 0 bridgehead atoms. The summed E-state index contributed by atoms with van der Waals surface area (Å²) in [7, 11) is 0. The van der Waals surface area contributed by atoms with E-state index in [1.807, 2.05) is 0 Å². The number of carbonyl (C=O) groups excluding carboxylic acids is 2. The van der Waals surface area contributed by atoms with Gasteiger partial charge in [-0.3, -0.25) is 9.59 Å². The van der Waals surface area contributed by atoms with Crippen LogP contribution in [-0.2, 0) is 23.8 Å². The molecule has 0 rings (SSSR count). The van der Waals surface area contributed by atoms with Crippen LogP contribution < -0.4 is 0 Å². The summed E-state index contributed by atoms with van der Waals surface area (Å²) >= 11 is 0. The molecule has 5 heteroatoms. The summed E-state index contributed by atoms with van der Waals surface area (Å²) in [5.41, 5.74) is 0. The summed E-state index contributed by atoms with van der Waals surface area (Å²) in [5, 5.41) is 0. The third-order valence-electron chi connectivity index (χ3n) is 10.8. The van der Waals surface area contributed by atoms with Crippen LogP contribution in [0.2, 0.25) is 0 Å².